The van der Waals surface area contributed by atoms with Crippen molar-refractivity contribution < 1.29 is 14.9 Å². The van der Waals surface area contributed by atoms with E-state index >= 15 is 0 Å². The summed E-state index contributed by atoms with van der Waals surface area (Å²) in [5.74, 6) is 1.04. The van der Waals surface area contributed by atoms with E-state index in [-0.39, 0.29) is 24.4 Å². The van der Waals surface area contributed by atoms with Crippen molar-refractivity contribution in [3.05, 3.63) is 34.9 Å². The third kappa shape index (κ3) is 3.86. The third-order valence-corrected chi connectivity index (χ3v) is 4.55. The molecule has 1 fully saturated rings. The fraction of sp³-hybridized carbons (Fsp3) is 0.444. The number of aliphatic hydroxyl groups excluding tert-OH is 1. The van der Waals surface area contributed by atoms with Crippen LogP contribution in [0.2, 0.25) is 5.02 Å². The summed E-state index contributed by atoms with van der Waals surface area (Å²) in [6.07, 6.45) is -0.210. The van der Waals surface area contributed by atoms with Gasteiger partial charge in [-0.3, -0.25) is 0 Å². The van der Waals surface area contributed by atoms with Crippen molar-refractivity contribution in [3.63, 3.8) is 0 Å². The van der Waals surface area contributed by atoms with Crippen LogP contribution in [-0.4, -0.2) is 52.8 Å². The fourth-order valence-electron chi connectivity index (χ4n) is 2.94. The second kappa shape index (κ2) is 7.56. The number of ether oxygens (including phenoxy) is 1. The van der Waals surface area contributed by atoms with Gasteiger partial charge in [0.25, 0.3) is 0 Å². The molecule has 3 rings (SSSR count). The van der Waals surface area contributed by atoms with E-state index in [1.54, 1.807) is 12.1 Å². The Morgan fingerprint density at radius 1 is 1.32 bits per heavy atom. The lowest BCUT2D eigenvalue weighted by molar-refractivity contribution is 0.00332. The number of hydrogen-bond acceptors (Lipinski definition) is 6. The molecule has 1 atom stereocenters. The molecule has 1 saturated heterocycles. The molecule has 1 aliphatic heterocycles. The van der Waals surface area contributed by atoms with Crippen molar-refractivity contribution in [2.75, 3.05) is 31.2 Å². The van der Waals surface area contributed by atoms with Gasteiger partial charge in [0.1, 0.15) is 11.4 Å². The molecule has 6 nitrogen and oxygen atoms in total. The number of benzene rings is 1. The van der Waals surface area contributed by atoms with Crippen molar-refractivity contribution in [2.24, 2.45) is 0 Å². The lowest BCUT2D eigenvalue weighted by atomic mass is 9.97. The largest absolute Gasteiger partial charge is 0.507 e. The van der Waals surface area contributed by atoms with Crippen molar-refractivity contribution >= 4 is 17.4 Å². The first-order valence-corrected chi connectivity index (χ1v) is 8.71. The van der Waals surface area contributed by atoms with Gasteiger partial charge in [0.15, 0.2) is 5.82 Å². The molecule has 0 aliphatic carbocycles. The molecule has 1 aliphatic rings. The lowest BCUT2D eigenvalue weighted by Crippen LogP contribution is -2.44. The Bertz CT molecular complexity index is 754. The highest BCUT2D eigenvalue weighted by Crippen LogP contribution is 2.35. The molecule has 0 saturated carbocycles. The minimum atomic E-state index is -0.210. The van der Waals surface area contributed by atoms with E-state index in [2.05, 4.69) is 28.9 Å². The number of hydrogen-bond donors (Lipinski definition) is 2. The highest BCUT2D eigenvalue weighted by molar-refractivity contribution is 6.30. The summed E-state index contributed by atoms with van der Waals surface area (Å²) in [5.41, 5.74) is 2.26. The second-order valence-corrected chi connectivity index (χ2v) is 6.88. The summed E-state index contributed by atoms with van der Waals surface area (Å²) < 4.78 is 5.49. The topological polar surface area (TPSA) is 78.7 Å². The Morgan fingerprint density at radius 2 is 2.12 bits per heavy atom. The first-order valence-electron chi connectivity index (χ1n) is 8.33. The van der Waals surface area contributed by atoms with Crippen LogP contribution in [0.15, 0.2) is 24.3 Å². The summed E-state index contributed by atoms with van der Waals surface area (Å²) >= 11 is 5.93. The third-order valence-electron chi connectivity index (χ3n) is 4.31. The average molecular weight is 364 g/mol. The van der Waals surface area contributed by atoms with Crippen molar-refractivity contribution in [1.29, 1.82) is 0 Å². The maximum Gasteiger partial charge on any atom is 0.151 e. The van der Waals surface area contributed by atoms with Crippen molar-refractivity contribution in [3.8, 4) is 17.0 Å². The van der Waals surface area contributed by atoms with E-state index in [0.717, 1.165) is 11.4 Å². The summed E-state index contributed by atoms with van der Waals surface area (Å²) in [6.45, 7) is 5.96. The number of aromatic nitrogens is 2. The van der Waals surface area contributed by atoms with E-state index < -0.39 is 0 Å². The van der Waals surface area contributed by atoms with Crippen LogP contribution in [0.4, 0.5) is 5.82 Å². The standard InChI is InChI=1S/C18H22ClN3O3/c1-11(2)15-8-17(22-5-6-25-13(9-22)10-23)20-21-18(15)14-4-3-12(19)7-16(14)24/h3-4,7-8,11,13,23-24H,5-6,9-10H2,1-2H3/t13-/m0/s1. The number of aliphatic hydroxyl groups is 1. The zero-order valence-electron chi connectivity index (χ0n) is 14.3. The number of phenolic OH excluding ortho intramolecular Hbond substituents is 1. The van der Waals surface area contributed by atoms with Gasteiger partial charge in [0.2, 0.25) is 0 Å². The quantitative estimate of drug-likeness (QED) is 0.869. The van der Waals surface area contributed by atoms with Crippen molar-refractivity contribution in [2.45, 2.75) is 25.9 Å². The van der Waals surface area contributed by atoms with Gasteiger partial charge in [-0.25, -0.2) is 0 Å². The monoisotopic (exact) mass is 363 g/mol. The molecule has 0 unspecified atom stereocenters. The number of morpholine rings is 1. The molecule has 134 valence electrons. The molecule has 2 N–H and O–H groups in total. The van der Waals surface area contributed by atoms with Crippen LogP contribution < -0.4 is 4.90 Å². The van der Waals surface area contributed by atoms with Gasteiger partial charge < -0.3 is 19.8 Å². The van der Waals surface area contributed by atoms with E-state index in [9.17, 15) is 10.2 Å². The first-order chi connectivity index (χ1) is 12.0. The number of nitrogens with zero attached hydrogens (tertiary/aromatic N) is 3. The van der Waals surface area contributed by atoms with Gasteiger partial charge in [0, 0.05) is 23.7 Å². The predicted octanol–water partition coefficient (Wildman–Crippen LogP) is 2.82. The molecule has 1 aromatic heterocycles. The molecule has 1 aromatic carbocycles. The summed E-state index contributed by atoms with van der Waals surface area (Å²) in [7, 11) is 0. The van der Waals surface area contributed by atoms with Crippen LogP contribution in [0.3, 0.4) is 0 Å². The maximum absolute atomic E-state index is 10.2. The van der Waals surface area contributed by atoms with Gasteiger partial charge in [-0.05, 0) is 35.7 Å². The highest BCUT2D eigenvalue weighted by atomic mass is 35.5. The molecule has 25 heavy (non-hydrogen) atoms. The molecule has 0 spiro atoms. The predicted molar refractivity (Wildman–Crippen MR) is 97.3 cm³/mol. The van der Waals surface area contributed by atoms with Crippen LogP contribution >= 0.6 is 11.6 Å². The zero-order valence-corrected chi connectivity index (χ0v) is 15.1. The normalized spacial score (nSPS) is 18.0. The van der Waals surface area contributed by atoms with Gasteiger partial charge in [-0.2, -0.15) is 0 Å². The van der Waals surface area contributed by atoms with Gasteiger partial charge in [-0.1, -0.05) is 25.4 Å². The number of phenols is 1. The number of aromatic hydroxyl groups is 1. The van der Waals surface area contributed by atoms with Crippen LogP contribution in [0, 0.1) is 0 Å². The lowest BCUT2D eigenvalue weighted by Gasteiger charge is -2.33. The molecule has 0 amide bonds. The Morgan fingerprint density at radius 3 is 2.80 bits per heavy atom. The molecule has 7 heteroatoms. The minimum absolute atomic E-state index is 0.0162. The average Bonchev–Trinajstić information content (AvgIpc) is 2.61. The maximum atomic E-state index is 10.2. The molecule has 0 bridgehead atoms. The van der Waals surface area contributed by atoms with E-state index in [0.29, 0.717) is 36.0 Å². The number of halogens is 1. The second-order valence-electron chi connectivity index (χ2n) is 6.44. The molecule has 0 radical (unpaired) electrons. The molecular weight excluding hydrogens is 342 g/mol. The van der Waals surface area contributed by atoms with Gasteiger partial charge in [-0.15, -0.1) is 10.2 Å². The fourth-order valence-corrected chi connectivity index (χ4v) is 3.11. The summed E-state index contributed by atoms with van der Waals surface area (Å²) in [6, 6.07) is 6.99. The highest BCUT2D eigenvalue weighted by Gasteiger charge is 2.23. The Kier molecular flexibility index (Phi) is 5.42. The minimum Gasteiger partial charge on any atom is -0.507 e. The van der Waals surface area contributed by atoms with Crippen LogP contribution in [-0.2, 0) is 4.74 Å². The van der Waals surface area contributed by atoms with E-state index in [1.807, 2.05) is 6.07 Å². The van der Waals surface area contributed by atoms with E-state index in [4.69, 9.17) is 16.3 Å². The SMILES string of the molecule is CC(C)c1cc(N2CCO[C@H](CO)C2)nnc1-c1ccc(Cl)cc1O. The Hall–Kier alpha value is -1.89. The first kappa shape index (κ1) is 17.9. The van der Waals surface area contributed by atoms with Gasteiger partial charge >= 0.3 is 0 Å². The molecular formula is C18H22ClN3O3. The summed E-state index contributed by atoms with van der Waals surface area (Å²) in [5, 5.41) is 28.8. The Balaban J connectivity index is 1.98. The Labute approximate surface area is 152 Å². The smallest absolute Gasteiger partial charge is 0.151 e. The van der Waals surface area contributed by atoms with Crippen LogP contribution in [0.1, 0.15) is 25.3 Å². The zero-order chi connectivity index (χ0) is 18.0. The van der Waals surface area contributed by atoms with Gasteiger partial charge in [0.05, 0.1) is 19.3 Å². The number of anilines is 1. The van der Waals surface area contributed by atoms with Crippen LogP contribution in [0.5, 0.6) is 5.75 Å². The van der Waals surface area contributed by atoms with Crippen molar-refractivity contribution in [1.82, 2.24) is 10.2 Å². The number of rotatable bonds is 4. The van der Waals surface area contributed by atoms with E-state index in [1.165, 1.54) is 6.07 Å². The van der Waals surface area contributed by atoms with Crippen LogP contribution in [0.25, 0.3) is 11.3 Å². The molecule has 2 heterocycles. The summed E-state index contributed by atoms with van der Waals surface area (Å²) in [4.78, 5) is 2.06. The molecule has 2 aromatic rings.